The Balaban J connectivity index is 2.09. The zero-order valence-corrected chi connectivity index (χ0v) is 12.6. The maximum absolute atomic E-state index is 12.1. The van der Waals surface area contributed by atoms with Crippen LogP contribution < -0.4 is 5.32 Å². The fraction of sp³-hybridized carbons (Fsp3) is 0.267. The Labute approximate surface area is 123 Å². The molecule has 0 spiro atoms. The van der Waals surface area contributed by atoms with Crippen LogP contribution in [-0.4, -0.2) is 22.1 Å². The van der Waals surface area contributed by atoms with Gasteiger partial charge in [0, 0.05) is 12.2 Å². The third-order valence-corrected chi connectivity index (χ3v) is 3.50. The summed E-state index contributed by atoms with van der Waals surface area (Å²) in [4.78, 5) is 20.6. The summed E-state index contributed by atoms with van der Waals surface area (Å²) >= 11 is 1.43. The predicted octanol–water partition coefficient (Wildman–Crippen LogP) is 2.75. The molecule has 1 amide bonds. The van der Waals surface area contributed by atoms with Crippen LogP contribution in [-0.2, 0) is 6.54 Å². The van der Waals surface area contributed by atoms with Gasteiger partial charge in [0.2, 0.25) is 0 Å². The smallest absolute Gasteiger partial charge is 0.270 e. The van der Waals surface area contributed by atoms with E-state index in [1.165, 1.54) is 11.8 Å². The average molecular weight is 287 g/mol. The third-order valence-electron chi connectivity index (χ3n) is 2.95. The fourth-order valence-electron chi connectivity index (χ4n) is 1.82. The normalized spacial score (nSPS) is 10.3. The second-order valence-corrected chi connectivity index (χ2v) is 5.26. The maximum Gasteiger partial charge on any atom is 0.270 e. The number of nitrogens with zero attached hydrogens (tertiary/aromatic N) is 2. The van der Waals surface area contributed by atoms with Crippen molar-refractivity contribution in [3.8, 4) is 0 Å². The van der Waals surface area contributed by atoms with Crippen molar-refractivity contribution in [2.45, 2.75) is 25.5 Å². The fourth-order valence-corrected chi connectivity index (χ4v) is 2.25. The van der Waals surface area contributed by atoms with Gasteiger partial charge in [-0.2, -0.15) is 0 Å². The number of aromatic nitrogens is 2. The highest BCUT2D eigenvalue weighted by Gasteiger charge is 2.10. The number of carbonyl (C=O) groups is 1. The van der Waals surface area contributed by atoms with Gasteiger partial charge < -0.3 is 5.32 Å². The van der Waals surface area contributed by atoms with Gasteiger partial charge in [-0.3, -0.25) is 4.79 Å². The van der Waals surface area contributed by atoms with Crippen LogP contribution in [0.4, 0.5) is 0 Å². The average Bonchev–Trinajstić information content (AvgIpc) is 2.45. The molecule has 0 bridgehead atoms. The molecule has 0 aliphatic rings. The molecule has 0 fully saturated rings. The van der Waals surface area contributed by atoms with Crippen LogP contribution in [0.15, 0.2) is 35.5 Å². The molecule has 0 aliphatic carbocycles. The molecule has 0 unspecified atom stereocenters. The van der Waals surface area contributed by atoms with Gasteiger partial charge >= 0.3 is 0 Å². The SMILES string of the molecule is CSc1nc(C)cc(C(=O)NCc2ccccc2C)n1. The highest BCUT2D eigenvalue weighted by atomic mass is 32.2. The summed E-state index contributed by atoms with van der Waals surface area (Å²) in [6.07, 6.45) is 1.89. The number of aryl methyl sites for hydroxylation is 2. The molecule has 0 saturated carbocycles. The molecule has 4 nitrogen and oxygen atoms in total. The van der Waals surface area contributed by atoms with Crippen LogP contribution in [0.5, 0.6) is 0 Å². The highest BCUT2D eigenvalue weighted by molar-refractivity contribution is 7.98. The molecular weight excluding hydrogens is 270 g/mol. The molecule has 1 N–H and O–H groups in total. The molecule has 2 aromatic rings. The second kappa shape index (κ2) is 6.52. The number of benzene rings is 1. The molecule has 104 valence electrons. The van der Waals surface area contributed by atoms with E-state index in [0.29, 0.717) is 17.4 Å². The quantitative estimate of drug-likeness (QED) is 0.694. The van der Waals surface area contributed by atoms with Crippen LogP contribution in [0, 0.1) is 13.8 Å². The van der Waals surface area contributed by atoms with E-state index >= 15 is 0 Å². The first-order valence-corrected chi connectivity index (χ1v) is 7.55. The number of hydrogen-bond acceptors (Lipinski definition) is 4. The Morgan fingerprint density at radius 2 is 2.00 bits per heavy atom. The van der Waals surface area contributed by atoms with Crippen LogP contribution in [0.25, 0.3) is 0 Å². The molecule has 0 atom stereocenters. The van der Waals surface area contributed by atoms with Crippen molar-refractivity contribution in [1.82, 2.24) is 15.3 Å². The van der Waals surface area contributed by atoms with Crippen LogP contribution in [0.3, 0.4) is 0 Å². The first-order chi connectivity index (χ1) is 9.60. The minimum Gasteiger partial charge on any atom is -0.347 e. The van der Waals surface area contributed by atoms with E-state index in [4.69, 9.17) is 0 Å². The molecule has 0 radical (unpaired) electrons. The van der Waals surface area contributed by atoms with Crippen molar-refractivity contribution in [3.05, 3.63) is 52.8 Å². The van der Waals surface area contributed by atoms with Crippen LogP contribution in [0.2, 0.25) is 0 Å². The van der Waals surface area contributed by atoms with Crippen LogP contribution >= 0.6 is 11.8 Å². The standard InChI is InChI=1S/C15H17N3OS/c1-10-6-4-5-7-12(10)9-16-14(19)13-8-11(2)17-15(18-13)20-3/h4-8H,9H2,1-3H3,(H,16,19). The number of carbonyl (C=O) groups excluding carboxylic acids is 1. The lowest BCUT2D eigenvalue weighted by molar-refractivity contribution is 0.0945. The predicted molar refractivity (Wildman–Crippen MR) is 80.9 cm³/mol. The van der Waals surface area contributed by atoms with Gasteiger partial charge in [0.25, 0.3) is 5.91 Å². The Morgan fingerprint density at radius 3 is 2.70 bits per heavy atom. The Bertz CT molecular complexity index is 628. The zero-order valence-electron chi connectivity index (χ0n) is 11.8. The molecule has 1 heterocycles. The third kappa shape index (κ3) is 3.57. The molecule has 20 heavy (non-hydrogen) atoms. The topological polar surface area (TPSA) is 54.9 Å². The first kappa shape index (κ1) is 14.5. The highest BCUT2D eigenvalue weighted by Crippen LogP contribution is 2.11. The number of amides is 1. The van der Waals surface area contributed by atoms with E-state index in [9.17, 15) is 4.79 Å². The molecule has 5 heteroatoms. The molecular formula is C15H17N3OS. The van der Waals surface area contributed by atoms with Gasteiger partial charge in [-0.15, -0.1) is 0 Å². The number of nitrogens with one attached hydrogen (secondary N) is 1. The van der Waals surface area contributed by atoms with Gasteiger partial charge in [-0.1, -0.05) is 36.0 Å². The lowest BCUT2D eigenvalue weighted by Crippen LogP contribution is -2.24. The summed E-state index contributed by atoms with van der Waals surface area (Å²) in [7, 11) is 0. The summed E-state index contributed by atoms with van der Waals surface area (Å²) in [5, 5.41) is 3.51. The maximum atomic E-state index is 12.1. The minimum absolute atomic E-state index is 0.172. The molecule has 0 aliphatic heterocycles. The van der Waals surface area contributed by atoms with Gasteiger partial charge in [0.05, 0.1) is 0 Å². The van der Waals surface area contributed by atoms with Crippen molar-refractivity contribution in [1.29, 1.82) is 0 Å². The van der Waals surface area contributed by atoms with Crippen molar-refractivity contribution in [3.63, 3.8) is 0 Å². The lowest BCUT2D eigenvalue weighted by atomic mass is 10.1. The summed E-state index contributed by atoms with van der Waals surface area (Å²) in [6.45, 7) is 4.39. The summed E-state index contributed by atoms with van der Waals surface area (Å²) in [6, 6.07) is 9.69. The van der Waals surface area contributed by atoms with Crippen molar-refractivity contribution < 1.29 is 4.79 Å². The van der Waals surface area contributed by atoms with Gasteiger partial charge in [0.1, 0.15) is 5.69 Å². The first-order valence-electron chi connectivity index (χ1n) is 6.32. The lowest BCUT2D eigenvalue weighted by Gasteiger charge is -2.08. The van der Waals surface area contributed by atoms with E-state index in [0.717, 1.165) is 16.8 Å². The summed E-state index contributed by atoms with van der Waals surface area (Å²) in [5.41, 5.74) is 3.48. The van der Waals surface area contributed by atoms with Crippen molar-refractivity contribution >= 4 is 17.7 Å². The van der Waals surface area contributed by atoms with Crippen molar-refractivity contribution in [2.24, 2.45) is 0 Å². The van der Waals surface area contributed by atoms with Gasteiger partial charge in [0.15, 0.2) is 5.16 Å². The summed E-state index contributed by atoms with van der Waals surface area (Å²) < 4.78 is 0. The Morgan fingerprint density at radius 1 is 1.25 bits per heavy atom. The minimum atomic E-state index is -0.172. The van der Waals surface area contributed by atoms with E-state index in [1.54, 1.807) is 6.07 Å². The van der Waals surface area contributed by atoms with E-state index in [1.807, 2.05) is 44.4 Å². The molecule has 1 aromatic carbocycles. The number of hydrogen-bond donors (Lipinski definition) is 1. The number of rotatable bonds is 4. The van der Waals surface area contributed by atoms with Gasteiger partial charge in [-0.05, 0) is 37.3 Å². The Kier molecular flexibility index (Phi) is 4.74. The van der Waals surface area contributed by atoms with Crippen molar-refractivity contribution in [2.75, 3.05) is 6.26 Å². The monoisotopic (exact) mass is 287 g/mol. The zero-order chi connectivity index (χ0) is 14.5. The Hall–Kier alpha value is -1.88. The summed E-state index contributed by atoms with van der Waals surface area (Å²) in [5.74, 6) is -0.172. The number of thioether (sulfide) groups is 1. The van der Waals surface area contributed by atoms with Gasteiger partial charge in [-0.25, -0.2) is 9.97 Å². The second-order valence-electron chi connectivity index (χ2n) is 4.49. The largest absolute Gasteiger partial charge is 0.347 e. The van der Waals surface area contributed by atoms with E-state index in [-0.39, 0.29) is 5.91 Å². The molecule has 0 saturated heterocycles. The molecule has 2 rings (SSSR count). The van der Waals surface area contributed by atoms with E-state index in [2.05, 4.69) is 15.3 Å². The van der Waals surface area contributed by atoms with E-state index < -0.39 is 0 Å². The molecule has 1 aromatic heterocycles. The van der Waals surface area contributed by atoms with Crippen LogP contribution in [0.1, 0.15) is 27.3 Å².